The summed E-state index contributed by atoms with van der Waals surface area (Å²) in [6, 6.07) is 29.7. The second kappa shape index (κ2) is 13.2. The van der Waals surface area contributed by atoms with Gasteiger partial charge in [0.15, 0.2) is 5.78 Å². The Kier molecular flexibility index (Phi) is 8.66. The Morgan fingerprint density at radius 2 is 1.15 bits per heavy atom. The van der Waals surface area contributed by atoms with Crippen LogP contribution in [0.25, 0.3) is 0 Å². The number of halogens is 4. The molecule has 52 heavy (non-hydrogen) atoms. The number of carbonyl (C=O) groups is 5. The highest BCUT2D eigenvalue weighted by atomic mass is 35.5. The molecule has 3 aliphatic carbocycles. The minimum atomic E-state index is -0.792. The lowest BCUT2D eigenvalue weighted by Crippen LogP contribution is -2.52. The van der Waals surface area contributed by atoms with Gasteiger partial charge in [0.05, 0.1) is 32.5 Å². The molecule has 1 aliphatic heterocycles. The number of amides is 3. The number of Topliss-reactive ketones (excluding diaryl/α,β-unsaturated/α-hetero) is 1. The van der Waals surface area contributed by atoms with E-state index in [2.05, 4.69) is 0 Å². The van der Waals surface area contributed by atoms with Gasteiger partial charge in [0.1, 0.15) is 12.3 Å². The normalized spacial score (nSPS) is 19.5. The molecule has 4 aliphatic rings. The summed E-state index contributed by atoms with van der Waals surface area (Å²) in [7, 11) is 0. The molecule has 1 saturated heterocycles. The van der Waals surface area contributed by atoms with Gasteiger partial charge in [-0.2, -0.15) is 5.01 Å². The number of hydrogen-bond acceptors (Lipinski definition) is 6. The van der Waals surface area contributed by atoms with E-state index >= 15 is 0 Å². The van der Waals surface area contributed by atoms with E-state index in [0.717, 1.165) is 32.3 Å². The van der Waals surface area contributed by atoms with Gasteiger partial charge < -0.3 is 4.74 Å². The summed E-state index contributed by atoms with van der Waals surface area (Å²) >= 11 is 24.5. The Labute approximate surface area is 317 Å². The predicted octanol–water partition coefficient (Wildman–Crippen LogP) is 8.65. The topological polar surface area (TPSA) is 101 Å². The number of hydrazine groups is 1. The number of ether oxygens (including phenoxy) is 1. The largest absolute Gasteiger partial charge is 0.423 e. The first-order valence-corrected chi connectivity index (χ1v) is 17.7. The Morgan fingerprint density at radius 3 is 1.67 bits per heavy atom. The zero-order chi connectivity index (χ0) is 36.4. The molecule has 0 N–H and O–H groups in total. The van der Waals surface area contributed by atoms with Crippen LogP contribution in [0, 0.1) is 11.8 Å². The van der Waals surface area contributed by atoms with Gasteiger partial charge >= 0.3 is 5.97 Å². The molecule has 8 nitrogen and oxygen atoms in total. The smallest absolute Gasteiger partial charge is 0.345 e. The molecule has 2 atom stereocenters. The first-order valence-electron chi connectivity index (χ1n) is 16.2. The van der Waals surface area contributed by atoms with Gasteiger partial charge in [-0.1, -0.05) is 94.9 Å². The molecule has 1 heterocycles. The lowest BCUT2D eigenvalue weighted by atomic mass is 9.55. The van der Waals surface area contributed by atoms with Gasteiger partial charge in [-0.25, -0.2) is 9.80 Å². The fourth-order valence-corrected chi connectivity index (χ4v) is 8.45. The van der Waals surface area contributed by atoms with Crippen LogP contribution in [0.4, 0.5) is 0 Å². The molecule has 0 aromatic heterocycles. The van der Waals surface area contributed by atoms with E-state index in [9.17, 15) is 24.0 Å². The Hall–Kier alpha value is -4.99. The van der Waals surface area contributed by atoms with Gasteiger partial charge in [0.25, 0.3) is 17.7 Å². The molecular formula is C40H24Cl4N2O6. The molecule has 0 spiro atoms. The van der Waals surface area contributed by atoms with E-state index in [4.69, 9.17) is 51.1 Å². The molecule has 0 radical (unpaired) electrons. The fraction of sp³-hybridized carbons (Fsp3) is 0.125. The third kappa shape index (κ3) is 5.58. The van der Waals surface area contributed by atoms with Crippen LogP contribution in [0.15, 0.2) is 109 Å². The number of nitrogens with zero attached hydrogens (tertiary/aromatic N) is 2. The van der Waals surface area contributed by atoms with Crippen LogP contribution in [-0.4, -0.2) is 46.0 Å². The summed E-state index contributed by atoms with van der Waals surface area (Å²) in [6.45, 7) is -0.662. The number of benzene rings is 5. The second-order valence-corrected chi connectivity index (χ2v) is 14.4. The highest BCUT2D eigenvalue weighted by molar-refractivity contribution is 6.42. The number of carbonyl (C=O) groups excluding carboxylic acids is 5. The Bertz CT molecular complexity index is 2250. The lowest BCUT2D eigenvalue weighted by molar-refractivity contribution is -0.154. The van der Waals surface area contributed by atoms with Crippen molar-refractivity contribution in [1.29, 1.82) is 0 Å². The van der Waals surface area contributed by atoms with Crippen molar-refractivity contribution in [3.63, 3.8) is 0 Å². The monoisotopic (exact) mass is 768 g/mol. The maximum Gasteiger partial charge on any atom is 0.345 e. The van der Waals surface area contributed by atoms with Crippen molar-refractivity contribution in [2.24, 2.45) is 11.8 Å². The number of rotatable bonds is 7. The van der Waals surface area contributed by atoms with Crippen LogP contribution >= 0.6 is 46.4 Å². The van der Waals surface area contributed by atoms with E-state index < -0.39 is 59.7 Å². The SMILES string of the molecule is O=C(CN(C(=O)c1ccc(Cl)c(Cl)c1)N1C(=O)[C@H]2C3c4ccccc4C(c4ccccc43)[C@@H]2C1=O)c1ccc(OC(=O)c2ccc(Cl)cc2Cl)cc1. The summed E-state index contributed by atoms with van der Waals surface area (Å²) in [6.07, 6.45) is 0. The van der Waals surface area contributed by atoms with Crippen molar-refractivity contribution in [2.45, 2.75) is 11.8 Å². The van der Waals surface area contributed by atoms with Gasteiger partial charge in [-0.05, 0) is 82.9 Å². The van der Waals surface area contributed by atoms with Crippen LogP contribution < -0.4 is 4.74 Å². The standard InChI is InChI=1S/C40H24Cl4N2O6/c41-22-12-15-28(30(43)18-22)40(51)52-23-13-9-20(10-14-23)32(47)19-45(37(48)21-11-16-29(42)31(44)17-21)46-38(49)35-33-24-5-1-2-6-25(24)34(36(35)39(46)50)27-8-4-3-7-26(27)33/h1-18,33-36H,19H2/t33?,34?,35-,36-/m0/s1. The quantitative estimate of drug-likeness (QED) is 0.0711. The molecule has 0 unspecified atom stereocenters. The second-order valence-electron chi connectivity index (χ2n) is 12.7. The predicted molar refractivity (Wildman–Crippen MR) is 195 cm³/mol. The summed E-state index contributed by atoms with van der Waals surface area (Å²) < 4.78 is 5.43. The van der Waals surface area contributed by atoms with E-state index in [0.29, 0.717) is 5.02 Å². The van der Waals surface area contributed by atoms with E-state index in [1.807, 2.05) is 48.5 Å². The molecule has 5 aromatic rings. The minimum Gasteiger partial charge on any atom is -0.423 e. The maximum absolute atomic E-state index is 14.6. The third-order valence-electron chi connectivity index (χ3n) is 9.90. The Morgan fingerprint density at radius 1 is 0.615 bits per heavy atom. The summed E-state index contributed by atoms with van der Waals surface area (Å²) in [5.74, 6) is -5.54. The Balaban J connectivity index is 1.12. The van der Waals surface area contributed by atoms with Crippen molar-refractivity contribution < 1.29 is 28.7 Å². The summed E-state index contributed by atoms with van der Waals surface area (Å²) in [4.78, 5) is 70.0. The first-order chi connectivity index (χ1) is 25.0. The average Bonchev–Trinajstić information content (AvgIpc) is 3.41. The van der Waals surface area contributed by atoms with Crippen LogP contribution in [-0.2, 0) is 9.59 Å². The number of hydrogen-bond donors (Lipinski definition) is 0. The van der Waals surface area contributed by atoms with Crippen LogP contribution in [0.5, 0.6) is 5.75 Å². The van der Waals surface area contributed by atoms with E-state index in [1.165, 1.54) is 60.7 Å². The van der Waals surface area contributed by atoms with Crippen LogP contribution in [0.2, 0.25) is 20.1 Å². The molecule has 258 valence electrons. The van der Waals surface area contributed by atoms with Gasteiger partial charge in [0, 0.05) is 28.0 Å². The third-order valence-corrected chi connectivity index (χ3v) is 11.2. The van der Waals surface area contributed by atoms with Crippen molar-refractivity contribution >= 4 is 75.9 Å². The highest BCUT2D eigenvalue weighted by Gasteiger charge is 2.63. The van der Waals surface area contributed by atoms with Gasteiger partial charge in [0.2, 0.25) is 0 Å². The van der Waals surface area contributed by atoms with Crippen molar-refractivity contribution in [1.82, 2.24) is 10.0 Å². The van der Waals surface area contributed by atoms with Crippen LogP contribution in [0.1, 0.15) is 65.2 Å². The number of imide groups is 1. The molecule has 0 saturated carbocycles. The van der Waals surface area contributed by atoms with Crippen molar-refractivity contribution in [3.05, 3.63) is 168 Å². The zero-order valence-electron chi connectivity index (χ0n) is 26.8. The lowest BCUT2D eigenvalue weighted by Gasteiger charge is -2.45. The first kappa shape index (κ1) is 34.1. The molecule has 9 rings (SSSR count). The van der Waals surface area contributed by atoms with Gasteiger partial charge in [-0.15, -0.1) is 0 Å². The molecule has 1 fully saturated rings. The zero-order valence-corrected chi connectivity index (χ0v) is 29.8. The summed E-state index contributed by atoms with van der Waals surface area (Å²) in [5.41, 5.74) is 4.12. The fourth-order valence-electron chi connectivity index (χ4n) is 7.66. The average molecular weight is 770 g/mol. The molecule has 2 bridgehead atoms. The van der Waals surface area contributed by atoms with Crippen molar-refractivity contribution in [3.8, 4) is 5.75 Å². The van der Waals surface area contributed by atoms with Crippen LogP contribution in [0.3, 0.4) is 0 Å². The molecule has 3 amide bonds. The molecular weight excluding hydrogens is 746 g/mol. The van der Waals surface area contributed by atoms with Gasteiger partial charge in [-0.3, -0.25) is 19.2 Å². The number of ketones is 1. The van der Waals surface area contributed by atoms with Crippen molar-refractivity contribution in [2.75, 3.05) is 6.54 Å². The number of esters is 1. The molecule has 12 heteroatoms. The maximum atomic E-state index is 14.6. The van der Waals surface area contributed by atoms with E-state index in [-0.39, 0.29) is 37.5 Å². The molecule has 5 aromatic carbocycles. The highest BCUT2D eigenvalue weighted by Crippen LogP contribution is 2.61. The van der Waals surface area contributed by atoms with E-state index in [1.54, 1.807) is 0 Å². The summed E-state index contributed by atoms with van der Waals surface area (Å²) in [5, 5.41) is 2.50. The minimum absolute atomic E-state index is 0.0235.